The third-order valence-corrected chi connectivity index (χ3v) is 3.84. The van der Waals surface area contributed by atoms with Crippen LogP contribution in [0.1, 0.15) is 11.9 Å². The van der Waals surface area contributed by atoms with Crippen LogP contribution < -0.4 is 5.32 Å². The smallest absolute Gasteiger partial charge is 0.320 e. The number of aromatic nitrogens is 1. The third-order valence-electron chi connectivity index (χ3n) is 2.32. The predicted octanol–water partition coefficient (Wildman–Crippen LogP) is 2.62. The lowest BCUT2D eigenvalue weighted by molar-refractivity contribution is -0.139. The Hall–Kier alpha value is -0.980. The summed E-state index contributed by atoms with van der Waals surface area (Å²) in [7, 11) is 0. The maximum absolute atomic E-state index is 10.7. The number of carboxylic acids is 1. The van der Waals surface area contributed by atoms with Crippen molar-refractivity contribution in [1.82, 2.24) is 10.3 Å². The van der Waals surface area contributed by atoms with Crippen LogP contribution in [0.4, 0.5) is 0 Å². The van der Waals surface area contributed by atoms with Crippen molar-refractivity contribution in [3.05, 3.63) is 27.7 Å². The maximum Gasteiger partial charge on any atom is 0.320 e. The Morgan fingerprint density at radius 3 is 3.12 bits per heavy atom. The second-order valence-corrected chi connectivity index (χ2v) is 5.69. The van der Waals surface area contributed by atoms with Crippen LogP contribution in [0.2, 0.25) is 0 Å². The highest BCUT2D eigenvalue weighted by Gasteiger charge is 2.11. The van der Waals surface area contributed by atoms with Gasteiger partial charge in [-0.05, 0) is 25.1 Å². The minimum Gasteiger partial charge on any atom is -0.480 e. The summed E-state index contributed by atoms with van der Waals surface area (Å²) in [6.07, 6.45) is 0. The topological polar surface area (TPSA) is 62.2 Å². The fourth-order valence-corrected chi connectivity index (χ4v) is 2.82. The summed E-state index contributed by atoms with van der Waals surface area (Å²) < 4.78 is 2.12. The van der Waals surface area contributed by atoms with Crippen molar-refractivity contribution >= 4 is 43.5 Å². The first-order chi connectivity index (χ1) is 8.06. The number of nitrogens with zero attached hydrogens (tertiary/aromatic N) is 1. The van der Waals surface area contributed by atoms with Crippen molar-refractivity contribution in [2.75, 3.05) is 0 Å². The van der Waals surface area contributed by atoms with Crippen molar-refractivity contribution in [1.29, 1.82) is 0 Å². The summed E-state index contributed by atoms with van der Waals surface area (Å²) >= 11 is 4.98. The van der Waals surface area contributed by atoms with E-state index in [4.69, 9.17) is 5.11 Å². The van der Waals surface area contributed by atoms with E-state index in [0.717, 1.165) is 19.7 Å². The molecule has 0 saturated heterocycles. The largest absolute Gasteiger partial charge is 0.480 e. The Balaban J connectivity index is 2.12. The van der Waals surface area contributed by atoms with Gasteiger partial charge in [0.2, 0.25) is 0 Å². The summed E-state index contributed by atoms with van der Waals surface area (Å²) in [5.74, 6) is -0.853. The van der Waals surface area contributed by atoms with Crippen LogP contribution >= 0.6 is 27.3 Å². The highest BCUT2D eigenvalue weighted by molar-refractivity contribution is 9.10. The average molecular weight is 315 g/mol. The summed E-state index contributed by atoms with van der Waals surface area (Å²) in [5, 5.41) is 12.6. The zero-order valence-electron chi connectivity index (χ0n) is 9.11. The van der Waals surface area contributed by atoms with Crippen molar-refractivity contribution in [3.63, 3.8) is 0 Å². The highest BCUT2D eigenvalue weighted by atomic mass is 79.9. The standard InChI is InChI=1S/C11H11BrN2O2S/c1-6(11(15)16)13-5-10-14-8-3-2-7(12)4-9(8)17-10/h2-4,6,13H,5H2,1H3,(H,15,16)/t6-/m0/s1. The van der Waals surface area contributed by atoms with E-state index in [1.165, 1.54) is 0 Å². The number of nitrogens with one attached hydrogen (secondary N) is 1. The number of fused-ring (bicyclic) bond motifs is 1. The van der Waals surface area contributed by atoms with Crippen LogP contribution in [0.15, 0.2) is 22.7 Å². The highest BCUT2D eigenvalue weighted by Crippen LogP contribution is 2.25. The molecule has 0 aliphatic heterocycles. The van der Waals surface area contributed by atoms with Gasteiger partial charge in [0, 0.05) is 11.0 Å². The molecule has 1 heterocycles. The van der Waals surface area contributed by atoms with E-state index in [1.807, 2.05) is 18.2 Å². The molecule has 0 aliphatic rings. The minimum absolute atomic E-state index is 0.477. The molecule has 0 saturated carbocycles. The number of thiazole rings is 1. The van der Waals surface area contributed by atoms with Gasteiger partial charge in [-0.1, -0.05) is 15.9 Å². The molecule has 1 aromatic heterocycles. The molecule has 17 heavy (non-hydrogen) atoms. The Morgan fingerprint density at radius 2 is 2.41 bits per heavy atom. The molecule has 2 aromatic rings. The van der Waals surface area contributed by atoms with Crippen LogP contribution in [-0.4, -0.2) is 22.1 Å². The molecule has 0 aliphatic carbocycles. The van der Waals surface area contributed by atoms with Crippen LogP contribution in [0.25, 0.3) is 10.2 Å². The zero-order chi connectivity index (χ0) is 12.4. The van der Waals surface area contributed by atoms with Crippen molar-refractivity contribution in [3.8, 4) is 0 Å². The van der Waals surface area contributed by atoms with Crippen LogP contribution in [-0.2, 0) is 11.3 Å². The van der Waals surface area contributed by atoms with Crippen LogP contribution in [0.5, 0.6) is 0 Å². The van der Waals surface area contributed by atoms with Gasteiger partial charge < -0.3 is 5.11 Å². The van der Waals surface area contributed by atoms with Gasteiger partial charge in [-0.25, -0.2) is 4.98 Å². The molecular formula is C11H11BrN2O2S. The van der Waals surface area contributed by atoms with Gasteiger partial charge in [-0.3, -0.25) is 10.1 Å². The number of hydrogen-bond donors (Lipinski definition) is 2. The lowest BCUT2D eigenvalue weighted by atomic mass is 10.3. The van der Waals surface area contributed by atoms with Crippen LogP contribution in [0.3, 0.4) is 0 Å². The van der Waals surface area contributed by atoms with Gasteiger partial charge in [0.1, 0.15) is 11.0 Å². The van der Waals surface area contributed by atoms with Crippen molar-refractivity contribution < 1.29 is 9.90 Å². The Bertz CT molecular complexity index is 555. The third kappa shape index (κ3) is 3.02. The maximum atomic E-state index is 10.7. The second-order valence-electron chi connectivity index (χ2n) is 3.66. The molecule has 1 atom stereocenters. The average Bonchev–Trinajstić information content (AvgIpc) is 2.67. The van der Waals surface area contributed by atoms with Crippen molar-refractivity contribution in [2.24, 2.45) is 0 Å². The SMILES string of the molecule is C[C@H](NCc1nc2ccc(Br)cc2s1)C(=O)O. The van der Waals surface area contributed by atoms with E-state index < -0.39 is 12.0 Å². The number of hydrogen-bond acceptors (Lipinski definition) is 4. The van der Waals surface area contributed by atoms with E-state index in [0.29, 0.717) is 6.54 Å². The Labute approximate surface area is 111 Å². The van der Waals surface area contributed by atoms with Gasteiger partial charge in [0.15, 0.2) is 0 Å². The molecule has 2 N–H and O–H groups in total. The monoisotopic (exact) mass is 314 g/mol. The molecule has 4 nitrogen and oxygen atoms in total. The van der Waals surface area contributed by atoms with Crippen LogP contribution in [0, 0.1) is 0 Å². The quantitative estimate of drug-likeness (QED) is 0.910. The van der Waals surface area contributed by atoms with E-state index >= 15 is 0 Å². The molecule has 0 unspecified atom stereocenters. The zero-order valence-corrected chi connectivity index (χ0v) is 11.5. The molecule has 0 amide bonds. The first kappa shape index (κ1) is 12.5. The minimum atomic E-state index is -0.853. The molecule has 0 spiro atoms. The lowest BCUT2D eigenvalue weighted by Crippen LogP contribution is -2.33. The molecule has 1 aromatic carbocycles. The van der Waals surface area contributed by atoms with Gasteiger partial charge >= 0.3 is 5.97 Å². The normalized spacial score (nSPS) is 12.8. The van der Waals surface area contributed by atoms with E-state index in [-0.39, 0.29) is 0 Å². The molecule has 2 rings (SSSR count). The molecule has 6 heteroatoms. The first-order valence-corrected chi connectivity index (χ1v) is 6.68. The van der Waals surface area contributed by atoms with E-state index in [2.05, 4.69) is 26.2 Å². The fraction of sp³-hybridized carbons (Fsp3) is 0.273. The lowest BCUT2D eigenvalue weighted by Gasteiger charge is -2.05. The summed E-state index contributed by atoms with van der Waals surface area (Å²) in [4.78, 5) is 15.1. The first-order valence-electron chi connectivity index (χ1n) is 5.07. The fourth-order valence-electron chi connectivity index (χ4n) is 1.35. The summed E-state index contributed by atoms with van der Waals surface area (Å²) in [6.45, 7) is 2.09. The summed E-state index contributed by atoms with van der Waals surface area (Å²) in [6, 6.07) is 5.34. The van der Waals surface area contributed by atoms with Gasteiger partial charge in [-0.2, -0.15) is 0 Å². The van der Waals surface area contributed by atoms with Gasteiger partial charge in [-0.15, -0.1) is 11.3 Å². The molecule has 0 bridgehead atoms. The Kier molecular flexibility index (Phi) is 3.76. The van der Waals surface area contributed by atoms with Gasteiger partial charge in [0.25, 0.3) is 0 Å². The van der Waals surface area contributed by atoms with Crippen molar-refractivity contribution in [2.45, 2.75) is 19.5 Å². The molecule has 90 valence electrons. The number of rotatable bonds is 4. The number of carbonyl (C=O) groups is 1. The number of halogens is 1. The molecule has 0 fully saturated rings. The predicted molar refractivity (Wildman–Crippen MR) is 71.3 cm³/mol. The number of carboxylic acid groups (broad SMARTS) is 1. The molecule has 0 radical (unpaired) electrons. The number of aliphatic carboxylic acids is 1. The molecular weight excluding hydrogens is 304 g/mol. The Morgan fingerprint density at radius 1 is 1.65 bits per heavy atom. The van der Waals surface area contributed by atoms with E-state index in [1.54, 1.807) is 18.3 Å². The van der Waals surface area contributed by atoms with Gasteiger partial charge in [0.05, 0.1) is 10.2 Å². The summed E-state index contributed by atoms with van der Waals surface area (Å²) in [5.41, 5.74) is 0.943. The second kappa shape index (κ2) is 5.12. The number of benzene rings is 1. The van der Waals surface area contributed by atoms with E-state index in [9.17, 15) is 4.79 Å².